The van der Waals surface area contributed by atoms with Crippen LogP contribution in [0.5, 0.6) is 0 Å². The molecular weight excluding hydrogens is 248 g/mol. The van der Waals surface area contributed by atoms with Crippen molar-refractivity contribution < 1.29 is 9.59 Å². The second-order valence-corrected chi connectivity index (χ2v) is 5.87. The Morgan fingerprint density at radius 3 is 2.39 bits per heavy atom. The smallest absolute Gasteiger partial charge is 0.241 e. The molecule has 1 heterocycles. The fourth-order valence-corrected chi connectivity index (χ4v) is 2.83. The average Bonchev–Trinajstić information content (AvgIpc) is 3.17. The van der Waals surface area contributed by atoms with Crippen molar-refractivity contribution in [2.45, 2.75) is 38.5 Å². The summed E-state index contributed by atoms with van der Waals surface area (Å²) in [5, 5.41) is 2.75. The number of carbonyl (C=O) groups is 2. The van der Waals surface area contributed by atoms with Crippen molar-refractivity contribution in [3.05, 3.63) is 0 Å². The highest BCUT2D eigenvalue weighted by Crippen LogP contribution is 2.49. The Bertz CT molecular complexity index is 323. The normalized spacial score (nSPS) is 21.5. The van der Waals surface area contributed by atoms with Crippen LogP contribution in [0.1, 0.15) is 38.5 Å². The Hall–Kier alpha value is -0.710. The van der Waals surface area contributed by atoms with Gasteiger partial charge < -0.3 is 10.2 Å². The van der Waals surface area contributed by atoms with Gasteiger partial charge in [0, 0.05) is 19.5 Å². The number of amides is 2. The van der Waals surface area contributed by atoms with Crippen molar-refractivity contribution in [1.82, 2.24) is 10.2 Å². The van der Waals surface area contributed by atoms with Gasteiger partial charge in [-0.15, -0.1) is 0 Å². The van der Waals surface area contributed by atoms with Crippen molar-refractivity contribution >= 4 is 24.4 Å². The molecule has 0 spiro atoms. The first kappa shape index (κ1) is 13.7. The highest BCUT2D eigenvalue weighted by Gasteiger charge is 2.42. The third-order valence-electron chi connectivity index (χ3n) is 3.97. The summed E-state index contributed by atoms with van der Waals surface area (Å²) in [4.78, 5) is 25.4. The van der Waals surface area contributed by atoms with Gasteiger partial charge in [-0.05, 0) is 43.3 Å². The predicted octanol–water partition coefficient (Wildman–Crippen LogP) is 1.22. The molecule has 1 saturated heterocycles. The van der Waals surface area contributed by atoms with Crippen molar-refractivity contribution in [2.75, 3.05) is 25.4 Å². The van der Waals surface area contributed by atoms with E-state index >= 15 is 0 Å². The number of thiol groups is 1. The van der Waals surface area contributed by atoms with Crippen LogP contribution in [0.3, 0.4) is 0 Å². The molecular formula is C13H22N2O2S. The number of nitrogens with one attached hydrogen (secondary N) is 1. The second kappa shape index (κ2) is 5.95. The van der Waals surface area contributed by atoms with Crippen LogP contribution in [0.25, 0.3) is 0 Å². The first-order valence-electron chi connectivity index (χ1n) is 6.81. The first-order valence-corrected chi connectivity index (χ1v) is 7.44. The van der Waals surface area contributed by atoms with Crippen LogP contribution in [0.2, 0.25) is 0 Å². The summed E-state index contributed by atoms with van der Waals surface area (Å²) in [6.07, 6.45) is 6.07. The maximum atomic E-state index is 11.8. The molecule has 0 unspecified atom stereocenters. The Labute approximate surface area is 114 Å². The number of rotatable bonds is 5. The fourth-order valence-electron chi connectivity index (χ4n) is 2.40. The number of piperidine rings is 1. The Balaban J connectivity index is 1.67. The minimum absolute atomic E-state index is 0.00749. The summed E-state index contributed by atoms with van der Waals surface area (Å²) in [5.74, 6) is 0.811. The van der Waals surface area contributed by atoms with E-state index in [2.05, 4.69) is 17.9 Å². The van der Waals surface area contributed by atoms with Gasteiger partial charge >= 0.3 is 0 Å². The Morgan fingerprint density at radius 2 is 1.83 bits per heavy atom. The van der Waals surface area contributed by atoms with Gasteiger partial charge in [0.2, 0.25) is 11.8 Å². The highest BCUT2D eigenvalue weighted by atomic mass is 32.1. The van der Waals surface area contributed by atoms with Gasteiger partial charge in [0.25, 0.3) is 0 Å². The zero-order chi connectivity index (χ0) is 13.0. The molecule has 0 radical (unpaired) electrons. The highest BCUT2D eigenvalue weighted by molar-refractivity contribution is 7.80. The largest absolute Gasteiger partial charge is 0.347 e. The van der Waals surface area contributed by atoms with Gasteiger partial charge in [-0.25, -0.2) is 0 Å². The van der Waals surface area contributed by atoms with E-state index < -0.39 is 0 Å². The summed E-state index contributed by atoms with van der Waals surface area (Å²) in [5.41, 5.74) is 0.126. The molecule has 18 heavy (non-hydrogen) atoms. The molecule has 0 atom stereocenters. The molecule has 4 nitrogen and oxygen atoms in total. The van der Waals surface area contributed by atoms with Gasteiger partial charge in [-0.3, -0.25) is 9.59 Å². The molecule has 1 aliphatic heterocycles. The number of nitrogens with zero attached hydrogens (tertiary/aromatic N) is 1. The van der Waals surface area contributed by atoms with Gasteiger partial charge in [0.05, 0.1) is 6.54 Å². The molecule has 0 aromatic rings. The molecule has 1 saturated carbocycles. The van der Waals surface area contributed by atoms with Gasteiger partial charge in [0.15, 0.2) is 0 Å². The van der Waals surface area contributed by atoms with Crippen molar-refractivity contribution in [2.24, 2.45) is 5.41 Å². The third kappa shape index (κ3) is 3.64. The number of hydrogen-bond donors (Lipinski definition) is 2. The molecule has 1 aliphatic carbocycles. The van der Waals surface area contributed by atoms with E-state index in [0.29, 0.717) is 6.42 Å². The first-order chi connectivity index (χ1) is 8.65. The number of carbonyl (C=O) groups excluding carboxylic acids is 2. The monoisotopic (exact) mass is 270 g/mol. The molecule has 102 valence electrons. The van der Waals surface area contributed by atoms with E-state index in [9.17, 15) is 9.59 Å². The average molecular weight is 270 g/mol. The van der Waals surface area contributed by atoms with Crippen molar-refractivity contribution in [3.8, 4) is 0 Å². The summed E-state index contributed by atoms with van der Waals surface area (Å²) < 4.78 is 0. The molecule has 2 rings (SSSR count). The molecule has 0 aromatic carbocycles. The second-order valence-electron chi connectivity index (χ2n) is 5.55. The van der Waals surface area contributed by atoms with Crippen LogP contribution in [-0.4, -0.2) is 42.1 Å². The minimum Gasteiger partial charge on any atom is -0.347 e. The van der Waals surface area contributed by atoms with Gasteiger partial charge in [-0.2, -0.15) is 12.6 Å². The van der Waals surface area contributed by atoms with E-state index in [4.69, 9.17) is 0 Å². The SMILES string of the molecule is O=C(CC1(CS)CC1)NCC(=O)N1CCCCC1. The summed E-state index contributed by atoms with van der Waals surface area (Å²) >= 11 is 4.27. The molecule has 0 bridgehead atoms. The molecule has 2 fully saturated rings. The molecule has 5 heteroatoms. The summed E-state index contributed by atoms with van der Waals surface area (Å²) in [6.45, 7) is 1.84. The standard InChI is InChI=1S/C13H22N2O2S/c16-11(8-13(10-18)4-5-13)14-9-12(17)15-6-2-1-3-7-15/h18H,1-10H2,(H,14,16). The zero-order valence-electron chi connectivity index (χ0n) is 10.8. The predicted molar refractivity (Wildman–Crippen MR) is 73.6 cm³/mol. The lowest BCUT2D eigenvalue weighted by molar-refractivity contribution is -0.133. The Morgan fingerprint density at radius 1 is 1.17 bits per heavy atom. The number of hydrogen-bond acceptors (Lipinski definition) is 3. The fraction of sp³-hybridized carbons (Fsp3) is 0.846. The number of likely N-dealkylation sites (tertiary alicyclic amines) is 1. The van der Waals surface area contributed by atoms with E-state index in [1.165, 1.54) is 6.42 Å². The summed E-state index contributed by atoms with van der Waals surface area (Å²) in [7, 11) is 0. The van der Waals surface area contributed by atoms with Crippen LogP contribution >= 0.6 is 12.6 Å². The lowest BCUT2D eigenvalue weighted by atomic mass is 10.1. The van der Waals surface area contributed by atoms with Crippen LogP contribution in [0, 0.1) is 5.41 Å². The molecule has 1 N–H and O–H groups in total. The Kier molecular flexibility index (Phi) is 4.54. The van der Waals surface area contributed by atoms with E-state index in [1.54, 1.807) is 0 Å². The van der Waals surface area contributed by atoms with Gasteiger partial charge in [-0.1, -0.05) is 0 Å². The maximum Gasteiger partial charge on any atom is 0.241 e. The van der Waals surface area contributed by atoms with Gasteiger partial charge in [0.1, 0.15) is 0 Å². The van der Waals surface area contributed by atoms with Crippen molar-refractivity contribution in [1.29, 1.82) is 0 Å². The van der Waals surface area contributed by atoms with Crippen LogP contribution in [0.15, 0.2) is 0 Å². The molecule has 2 amide bonds. The van der Waals surface area contributed by atoms with Crippen LogP contribution < -0.4 is 5.32 Å². The zero-order valence-corrected chi connectivity index (χ0v) is 11.7. The van der Waals surface area contributed by atoms with Crippen LogP contribution in [-0.2, 0) is 9.59 Å². The van der Waals surface area contributed by atoms with E-state index in [1.807, 2.05) is 4.90 Å². The molecule has 0 aromatic heterocycles. The van der Waals surface area contributed by atoms with E-state index in [-0.39, 0.29) is 23.8 Å². The minimum atomic E-state index is -0.00749. The molecule has 2 aliphatic rings. The summed E-state index contributed by atoms with van der Waals surface area (Å²) in [6, 6.07) is 0. The lowest BCUT2D eigenvalue weighted by Gasteiger charge is -2.26. The van der Waals surface area contributed by atoms with E-state index in [0.717, 1.165) is 44.5 Å². The maximum absolute atomic E-state index is 11.8. The quantitative estimate of drug-likeness (QED) is 0.738. The third-order valence-corrected chi connectivity index (χ3v) is 4.64. The topological polar surface area (TPSA) is 49.4 Å². The van der Waals surface area contributed by atoms with Crippen LogP contribution in [0.4, 0.5) is 0 Å². The van der Waals surface area contributed by atoms with Crippen molar-refractivity contribution in [3.63, 3.8) is 0 Å². The lowest BCUT2D eigenvalue weighted by Crippen LogP contribution is -2.42.